The Kier molecular flexibility index (Phi) is 4.28. The maximum Gasteiger partial charge on any atom is 0.575 e. The van der Waals surface area contributed by atoms with E-state index < -0.39 is 29.4 Å². The number of ether oxygens (including phenoxy) is 1. The van der Waals surface area contributed by atoms with Gasteiger partial charge in [-0.2, -0.15) is 5.26 Å². The van der Waals surface area contributed by atoms with Crippen LogP contribution in [0.2, 0.25) is 0 Å². The third-order valence-corrected chi connectivity index (χ3v) is 2.64. The van der Waals surface area contributed by atoms with Crippen molar-refractivity contribution in [1.29, 1.82) is 5.26 Å². The Balaban J connectivity index is 3.34. The highest BCUT2D eigenvalue weighted by Gasteiger charge is 2.36. The summed E-state index contributed by atoms with van der Waals surface area (Å²) in [4.78, 5) is 12.7. The summed E-state index contributed by atoms with van der Waals surface area (Å²) in [5.74, 6) is -1.75. The van der Waals surface area contributed by atoms with Gasteiger partial charge in [-0.15, -0.1) is 13.2 Å². The number of aromatic nitrogens is 1. The van der Waals surface area contributed by atoms with Crippen molar-refractivity contribution in [2.45, 2.75) is 12.8 Å². The highest BCUT2D eigenvalue weighted by molar-refractivity contribution is 14.1. The lowest BCUT2D eigenvalue weighted by molar-refractivity contribution is -0.390. The molecule has 0 aliphatic heterocycles. The maximum atomic E-state index is 12.1. The van der Waals surface area contributed by atoms with Crippen LogP contribution >= 0.6 is 22.6 Å². The average molecular weight is 373 g/mol. The maximum absolute atomic E-state index is 12.1. The minimum absolute atomic E-state index is 0.107. The van der Waals surface area contributed by atoms with Crippen molar-refractivity contribution in [3.05, 3.63) is 25.3 Å². The molecular formula is C8H3F3IN3O3. The van der Waals surface area contributed by atoms with Gasteiger partial charge in [0, 0.05) is 8.55 Å². The summed E-state index contributed by atoms with van der Waals surface area (Å²) in [6.07, 6.45) is -5.43. The Morgan fingerprint density at radius 1 is 1.61 bits per heavy atom. The molecule has 0 saturated carbocycles. The van der Waals surface area contributed by atoms with Crippen LogP contribution in [0.3, 0.4) is 0 Å². The smallest absolute Gasteiger partial charge is 0.366 e. The van der Waals surface area contributed by atoms with Crippen molar-refractivity contribution < 1.29 is 22.8 Å². The fourth-order valence-electron chi connectivity index (χ4n) is 1.03. The van der Waals surface area contributed by atoms with Crippen LogP contribution in [0.15, 0.2) is 6.07 Å². The quantitative estimate of drug-likeness (QED) is 0.462. The molecule has 0 aliphatic carbocycles. The van der Waals surface area contributed by atoms with Gasteiger partial charge in [0.15, 0.2) is 0 Å². The normalized spacial score (nSPS) is 10.8. The summed E-state index contributed by atoms with van der Waals surface area (Å²) in [5.41, 5.74) is -0.138. The third-order valence-electron chi connectivity index (χ3n) is 1.67. The average Bonchev–Trinajstić information content (AvgIpc) is 2.20. The topological polar surface area (TPSA) is 89.0 Å². The number of rotatable bonds is 3. The van der Waals surface area contributed by atoms with E-state index in [0.717, 1.165) is 6.07 Å². The molecule has 1 aromatic rings. The van der Waals surface area contributed by atoms with Gasteiger partial charge in [-0.25, -0.2) is 0 Å². The first-order chi connectivity index (χ1) is 8.24. The van der Waals surface area contributed by atoms with Crippen LogP contribution in [-0.2, 0) is 6.42 Å². The number of alkyl halides is 3. The molecule has 0 amide bonds. The van der Waals surface area contributed by atoms with E-state index in [1.807, 2.05) is 0 Å². The molecule has 96 valence electrons. The van der Waals surface area contributed by atoms with E-state index in [1.54, 1.807) is 28.7 Å². The Labute approximate surface area is 112 Å². The molecule has 1 heterocycles. The van der Waals surface area contributed by atoms with Crippen molar-refractivity contribution >= 4 is 28.4 Å². The van der Waals surface area contributed by atoms with Gasteiger partial charge in [0.05, 0.1) is 24.1 Å². The minimum Gasteiger partial charge on any atom is -0.366 e. The lowest BCUT2D eigenvalue weighted by atomic mass is 10.2. The zero-order valence-corrected chi connectivity index (χ0v) is 10.5. The number of nitrogens with zero attached hydrogens (tertiary/aromatic N) is 3. The molecule has 0 aliphatic rings. The summed E-state index contributed by atoms with van der Waals surface area (Å²) in [6, 6.07) is 2.61. The predicted octanol–water partition coefficient (Wildman–Crippen LogP) is 2.56. The van der Waals surface area contributed by atoms with E-state index in [2.05, 4.69) is 9.72 Å². The minimum atomic E-state index is -5.03. The largest absolute Gasteiger partial charge is 0.575 e. The highest BCUT2D eigenvalue weighted by Crippen LogP contribution is 2.30. The van der Waals surface area contributed by atoms with Gasteiger partial charge in [-0.05, 0) is 27.5 Å². The van der Waals surface area contributed by atoms with Crippen LogP contribution < -0.4 is 4.74 Å². The number of pyridine rings is 1. The van der Waals surface area contributed by atoms with Gasteiger partial charge in [0.2, 0.25) is 0 Å². The highest BCUT2D eigenvalue weighted by atomic mass is 127. The second-order valence-corrected chi connectivity index (χ2v) is 4.05. The van der Waals surface area contributed by atoms with Gasteiger partial charge in [-0.3, -0.25) is 0 Å². The van der Waals surface area contributed by atoms with E-state index in [1.165, 1.54) is 0 Å². The number of nitriles is 1. The van der Waals surface area contributed by atoms with Crippen LogP contribution in [0, 0.1) is 25.0 Å². The molecule has 1 rings (SSSR count). The first-order valence-corrected chi connectivity index (χ1v) is 5.29. The lowest BCUT2D eigenvalue weighted by Crippen LogP contribution is -2.19. The van der Waals surface area contributed by atoms with Gasteiger partial charge < -0.3 is 14.9 Å². The lowest BCUT2D eigenvalue weighted by Gasteiger charge is -2.08. The Morgan fingerprint density at radius 3 is 2.67 bits per heavy atom. The molecule has 0 atom stereocenters. The number of halogens is 4. The third kappa shape index (κ3) is 3.69. The van der Waals surface area contributed by atoms with E-state index >= 15 is 0 Å². The molecule has 0 saturated heterocycles. The van der Waals surface area contributed by atoms with Crippen molar-refractivity contribution in [2.75, 3.05) is 0 Å². The molecule has 1 aromatic heterocycles. The van der Waals surface area contributed by atoms with Crippen molar-refractivity contribution in [3.8, 4) is 11.9 Å². The van der Waals surface area contributed by atoms with Crippen molar-refractivity contribution in [3.63, 3.8) is 0 Å². The molecule has 0 bridgehead atoms. The second kappa shape index (κ2) is 5.34. The Bertz CT molecular complexity index is 527. The van der Waals surface area contributed by atoms with Crippen LogP contribution in [0.1, 0.15) is 5.56 Å². The van der Waals surface area contributed by atoms with Gasteiger partial charge in [0.1, 0.15) is 0 Å². The first-order valence-electron chi connectivity index (χ1n) is 4.21. The molecule has 0 radical (unpaired) electrons. The molecule has 18 heavy (non-hydrogen) atoms. The molecule has 6 nitrogen and oxygen atoms in total. The summed E-state index contributed by atoms with van der Waals surface area (Å²) in [5, 5.41) is 19.0. The van der Waals surface area contributed by atoms with Crippen molar-refractivity contribution in [2.24, 2.45) is 0 Å². The number of hydrogen-bond acceptors (Lipinski definition) is 5. The Hall–Kier alpha value is -1.64. The van der Waals surface area contributed by atoms with E-state index in [-0.39, 0.29) is 9.13 Å². The van der Waals surface area contributed by atoms with E-state index in [4.69, 9.17) is 5.26 Å². The summed E-state index contributed by atoms with van der Waals surface area (Å²) < 4.78 is 40.0. The van der Waals surface area contributed by atoms with Gasteiger partial charge in [-0.1, -0.05) is 0 Å². The SMILES string of the molecule is N#CCc1c(I)cc([N+](=O)[O-])nc1OC(F)(F)F. The Morgan fingerprint density at radius 2 is 2.22 bits per heavy atom. The second-order valence-electron chi connectivity index (χ2n) is 2.89. The summed E-state index contributed by atoms with van der Waals surface area (Å²) in [7, 11) is 0. The monoisotopic (exact) mass is 373 g/mol. The van der Waals surface area contributed by atoms with Crippen LogP contribution in [0.5, 0.6) is 5.88 Å². The zero-order valence-electron chi connectivity index (χ0n) is 8.36. The van der Waals surface area contributed by atoms with E-state index in [9.17, 15) is 23.3 Å². The number of nitro groups is 1. The van der Waals surface area contributed by atoms with Crippen LogP contribution in [0.25, 0.3) is 0 Å². The van der Waals surface area contributed by atoms with Crippen LogP contribution in [-0.4, -0.2) is 16.3 Å². The number of hydrogen-bond donors (Lipinski definition) is 0. The zero-order chi connectivity index (χ0) is 13.9. The molecule has 0 unspecified atom stereocenters. The fraction of sp³-hybridized carbons (Fsp3) is 0.250. The van der Waals surface area contributed by atoms with Crippen LogP contribution in [0.4, 0.5) is 19.0 Å². The van der Waals surface area contributed by atoms with Gasteiger partial charge in [0.25, 0.3) is 0 Å². The molecule has 0 fully saturated rings. The molecular weight excluding hydrogens is 370 g/mol. The van der Waals surface area contributed by atoms with Gasteiger partial charge >= 0.3 is 18.1 Å². The first kappa shape index (κ1) is 14.4. The summed E-state index contributed by atoms with van der Waals surface area (Å²) in [6.45, 7) is 0. The predicted molar refractivity (Wildman–Crippen MR) is 59.6 cm³/mol. The fourth-order valence-corrected chi connectivity index (χ4v) is 1.73. The summed E-state index contributed by atoms with van der Waals surface area (Å²) >= 11 is 1.58. The van der Waals surface area contributed by atoms with E-state index in [0.29, 0.717) is 0 Å². The molecule has 0 aromatic carbocycles. The molecule has 0 spiro atoms. The standard InChI is InChI=1S/C8H3F3IN3O3/c9-8(10,11)18-7-4(1-2-13)5(12)3-6(14-7)15(16)17/h3H,1H2. The van der Waals surface area contributed by atoms with Crippen molar-refractivity contribution in [1.82, 2.24) is 4.98 Å². The molecule has 0 N–H and O–H groups in total. The molecule has 10 heteroatoms.